The second kappa shape index (κ2) is 4.05. The Kier molecular flexibility index (Phi) is 2.48. The topological polar surface area (TPSA) is 64.9 Å². The van der Waals surface area contributed by atoms with Crippen molar-refractivity contribution < 1.29 is 8.81 Å². The molecule has 0 saturated heterocycles. The van der Waals surface area contributed by atoms with E-state index in [1.807, 2.05) is 13.8 Å². The normalized spacial score (nSPS) is 11.1. The molecule has 19 heavy (non-hydrogen) atoms. The van der Waals surface area contributed by atoms with Crippen molar-refractivity contribution in [1.82, 2.24) is 10.2 Å². The third kappa shape index (κ3) is 1.83. The van der Waals surface area contributed by atoms with Crippen LogP contribution in [0.1, 0.15) is 11.1 Å². The van der Waals surface area contributed by atoms with Crippen LogP contribution in [0.25, 0.3) is 22.4 Å². The fourth-order valence-electron chi connectivity index (χ4n) is 1.99. The highest BCUT2D eigenvalue weighted by Crippen LogP contribution is 2.30. The summed E-state index contributed by atoms with van der Waals surface area (Å²) in [6, 6.07) is 6.14. The van der Waals surface area contributed by atoms with Gasteiger partial charge in [0.15, 0.2) is 5.76 Å². The highest BCUT2D eigenvalue weighted by atomic mass is 19.1. The summed E-state index contributed by atoms with van der Waals surface area (Å²) in [4.78, 5) is 0. The molecule has 3 rings (SSSR count). The molecular formula is C14H12FN3O. The van der Waals surface area contributed by atoms with Crippen molar-refractivity contribution >= 4 is 16.8 Å². The second-order valence-electron chi connectivity index (χ2n) is 4.48. The fourth-order valence-corrected chi connectivity index (χ4v) is 1.99. The predicted octanol–water partition coefficient (Wildman–Crippen LogP) is 3.23. The number of halogens is 1. The van der Waals surface area contributed by atoms with E-state index in [4.69, 9.17) is 10.2 Å². The largest absolute Gasteiger partial charge is 0.454 e. The quantitative estimate of drug-likeness (QED) is 0.726. The summed E-state index contributed by atoms with van der Waals surface area (Å²) in [6.07, 6.45) is 0. The summed E-state index contributed by atoms with van der Waals surface area (Å²) in [6.45, 7) is 3.79. The first-order chi connectivity index (χ1) is 9.06. The van der Waals surface area contributed by atoms with Crippen molar-refractivity contribution in [2.45, 2.75) is 13.8 Å². The molecule has 0 aliphatic rings. The molecule has 96 valence electrons. The fraction of sp³-hybridized carbons (Fsp3) is 0.143. The molecule has 3 aromatic rings. The molecule has 5 heteroatoms. The van der Waals surface area contributed by atoms with Crippen LogP contribution < -0.4 is 5.73 Å². The van der Waals surface area contributed by atoms with E-state index in [9.17, 15) is 4.39 Å². The van der Waals surface area contributed by atoms with Gasteiger partial charge in [-0.1, -0.05) is 0 Å². The third-order valence-corrected chi connectivity index (χ3v) is 3.27. The molecular weight excluding hydrogens is 245 g/mol. The average molecular weight is 257 g/mol. The summed E-state index contributed by atoms with van der Waals surface area (Å²) in [7, 11) is 0. The monoisotopic (exact) mass is 257 g/mol. The van der Waals surface area contributed by atoms with E-state index < -0.39 is 0 Å². The Morgan fingerprint density at radius 2 is 1.89 bits per heavy atom. The van der Waals surface area contributed by atoms with Gasteiger partial charge in [0.1, 0.15) is 22.9 Å². The van der Waals surface area contributed by atoms with E-state index in [-0.39, 0.29) is 5.82 Å². The van der Waals surface area contributed by atoms with Gasteiger partial charge in [0, 0.05) is 5.39 Å². The first-order valence-corrected chi connectivity index (χ1v) is 5.85. The Balaban J connectivity index is 2.22. The molecule has 0 amide bonds. The molecule has 0 bridgehead atoms. The maximum Gasteiger partial charge on any atom is 0.155 e. The van der Waals surface area contributed by atoms with E-state index in [1.54, 1.807) is 12.1 Å². The number of hydrogen-bond acceptors (Lipinski definition) is 4. The summed E-state index contributed by atoms with van der Waals surface area (Å²) >= 11 is 0. The number of furan rings is 1. The molecule has 0 aliphatic heterocycles. The summed E-state index contributed by atoms with van der Waals surface area (Å²) in [5.41, 5.74) is 8.74. The van der Waals surface area contributed by atoms with Crippen LogP contribution in [0.3, 0.4) is 0 Å². The highest BCUT2D eigenvalue weighted by molar-refractivity contribution is 5.82. The van der Waals surface area contributed by atoms with Crippen LogP contribution in [-0.2, 0) is 0 Å². The molecule has 0 fully saturated rings. The van der Waals surface area contributed by atoms with Crippen molar-refractivity contribution in [2.24, 2.45) is 0 Å². The van der Waals surface area contributed by atoms with E-state index in [0.717, 1.165) is 11.1 Å². The van der Waals surface area contributed by atoms with Gasteiger partial charge in [-0.2, -0.15) is 0 Å². The summed E-state index contributed by atoms with van der Waals surface area (Å²) < 4.78 is 18.8. The Bertz CT molecular complexity index is 780. The summed E-state index contributed by atoms with van der Waals surface area (Å²) in [5, 5.41) is 8.66. The van der Waals surface area contributed by atoms with E-state index in [2.05, 4.69) is 10.2 Å². The van der Waals surface area contributed by atoms with E-state index in [1.165, 1.54) is 12.1 Å². The SMILES string of the molecule is Cc1c(N)nnc(-c2cc3cc(F)ccc3o2)c1C. The average Bonchev–Trinajstić information content (AvgIpc) is 2.78. The number of nitrogens with two attached hydrogens (primary N) is 1. The Morgan fingerprint density at radius 3 is 2.68 bits per heavy atom. The molecule has 2 heterocycles. The van der Waals surface area contributed by atoms with Gasteiger partial charge in [0.25, 0.3) is 0 Å². The van der Waals surface area contributed by atoms with Crippen molar-refractivity contribution in [3.8, 4) is 11.5 Å². The maximum absolute atomic E-state index is 13.2. The molecule has 0 unspecified atom stereocenters. The van der Waals surface area contributed by atoms with Gasteiger partial charge in [-0.15, -0.1) is 10.2 Å². The summed E-state index contributed by atoms with van der Waals surface area (Å²) in [5.74, 6) is 0.674. The van der Waals surface area contributed by atoms with Gasteiger partial charge in [0.2, 0.25) is 0 Å². The molecule has 2 N–H and O–H groups in total. The zero-order valence-corrected chi connectivity index (χ0v) is 10.6. The zero-order chi connectivity index (χ0) is 13.6. The first-order valence-electron chi connectivity index (χ1n) is 5.85. The number of hydrogen-bond donors (Lipinski definition) is 1. The molecule has 0 aliphatic carbocycles. The van der Waals surface area contributed by atoms with Gasteiger partial charge in [0.05, 0.1) is 0 Å². The minimum Gasteiger partial charge on any atom is -0.454 e. The number of anilines is 1. The van der Waals surface area contributed by atoms with Gasteiger partial charge in [-0.3, -0.25) is 0 Å². The van der Waals surface area contributed by atoms with Gasteiger partial charge in [-0.05, 0) is 49.2 Å². The number of aromatic nitrogens is 2. The maximum atomic E-state index is 13.2. The highest BCUT2D eigenvalue weighted by Gasteiger charge is 2.14. The standard InChI is InChI=1S/C14H12FN3O/c1-7-8(2)14(16)18-17-13(7)12-6-9-5-10(15)3-4-11(9)19-12/h3-6H,1-2H3,(H2,16,18). The lowest BCUT2D eigenvalue weighted by molar-refractivity contribution is 0.616. The Morgan fingerprint density at radius 1 is 1.11 bits per heavy atom. The Hall–Kier alpha value is -2.43. The molecule has 2 aromatic heterocycles. The molecule has 0 saturated carbocycles. The van der Waals surface area contributed by atoms with Crippen LogP contribution in [0.5, 0.6) is 0 Å². The van der Waals surface area contributed by atoms with Crippen LogP contribution in [0, 0.1) is 19.7 Å². The molecule has 1 aromatic carbocycles. The minimum atomic E-state index is -0.295. The zero-order valence-electron chi connectivity index (χ0n) is 10.6. The second-order valence-corrected chi connectivity index (χ2v) is 4.48. The molecule has 0 atom stereocenters. The third-order valence-electron chi connectivity index (χ3n) is 3.27. The van der Waals surface area contributed by atoms with Crippen LogP contribution >= 0.6 is 0 Å². The van der Waals surface area contributed by atoms with Crippen molar-refractivity contribution in [1.29, 1.82) is 0 Å². The lowest BCUT2D eigenvalue weighted by Gasteiger charge is -2.05. The van der Waals surface area contributed by atoms with Crippen LogP contribution in [-0.4, -0.2) is 10.2 Å². The predicted molar refractivity (Wildman–Crippen MR) is 71.1 cm³/mol. The van der Waals surface area contributed by atoms with Crippen molar-refractivity contribution in [3.05, 3.63) is 41.2 Å². The smallest absolute Gasteiger partial charge is 0.155 e. The molecule has 4 nitrogen and oxygen atoms in total. The van der Waals surface area contributed by atoms with Crippen LogP contribution in [0.15, 0.2) is 28.7 Å². The lowest BCUT2D eigenvalue weighted by Crippen LogP contribution is -2.01. The van der Waals surface area contributed by atoms with Crippen LogP contribution in [0.2, 0.25) is 0 Å². The minimum absolute atomic E-state index is 0.295. The lowest BCUT2D eigenvalue weighted by atomic mass is 10.1. The van der Waals surface area contributed by atoms with Crippen molar-refractivity contribution in [2.75, 3.05) is 5.73 Å². The number of nitrogens with zero attached hydrogens (tertiary/aromatic N) is 2. The van der Waals surface area contributed by atoms with Gasteiger partial charge < -0.3 is 10.2 Å². The molecule has 0 spiro atoms. The van der Waals surface area contributed by atoms with E-state index in [0.29, 0.717) is 28.2 Å². The van der Waals surface area contributed by atoms with Crippen molar-refractivity contribution in [3.63, 3.8) is 0 Å². The van der Waals surface area contributed by atoms with Gasteiger partial charge >= 0.3 is 0 Å². The van der Waals surface area contributed by atoms with Crippen LogP contribution in [0.4, 0.5) is 10.2 Å². The number of rotatable bonds is 1. The number of fused-ring (bicyclic) bond motifs is 1. The van der Waals surface area contributed by atoms with E-state index >= 15 is 0 Å². The number of nitrogen functional groups attached to an aromatic ring is 1. The number of benzene rings is 1. The first kappa shape index (κ1) is 11.6. The molecule has 0 radical (unpaired) electrons. The van der Waals surface area contributed by atoms with Gasteiger partial charge in [-0.25, -0.2) is 4.39 Å². The Labute approximate surface area is 109 Å².